The fourth-order valence-electron chi connectivity index (χ4n) is 3.92. The molecular formula is C25H20BrF2P. The molecule has 29 heavy (non-hydrogen) atoms. The van der Waals surface area contributed by atoms with Crippen molar-refractivity contribution >= 4 is 36.7 Å². The minimum atomic E-state index is -3.20. The summed E-state index contributed by atoms with van der Waals surface area (Å²) in [6.07, 6.45) is 0.529. The molecular weight excluding hydrogens is 449 g/mol. The van der Waals surface area contributed by atoms with Crippen molar-refractivity contribution in [2.45, 2.75) is 6.16 Å². The molecule has 0 saturated carbocycles. The van der Waals surface area contributed by atoms with E-state index >= 15 is 0 Å². The summed E-state index contributed by atoms with van der Waals surface area (Å²) in [6, 6.07) is 35.0. The predicted octanol–water partition coefficient (Wildman–Crippen LogP) is 6.30. The summed E-state index contributed by atoms with van der Waals surface area (Å²) < 4.78 is 27.7. The number of halogens is 3. The van der Waals surface area contributed by atoms with Crippen molar-refractivity contribution in [2.75, 3.05) is 0 Å². The Bertz CT molecular complexity index is 1020. The molecule has 0 aliphatic rings. The SMILES string of the molecule is Fc1ccc(CP(Br)(c2ccccc2)(c2ccccc2)c2ccccc2)cc1F. The van der Waals surface area contributed by atoms with E-state index in [0.717, 1.165) is 21.5 Å². The van der Waals surface area contributed by atoms with Crippen molar-refractivity contribution in [1.29, 1.82) is 0 Å². The molecule has 0 amide bonds. The van der Waals surface area contributed by atoms with Gasteiger partial charge in [-0.1, -0.05) is 0 Å². The van der Waals surface area contributed by atoms with Crippen LogP contribution in [0.1, 0.15) is 5.56 Å². The summed E-state index contributed by atoms with van der Waals surface area (Å²) in [4.78, 5) is 0. The summed E-state index contributed by atoms with van der Waals surface area (Å²) in [5.74, 6) is -1.66. The Morgan fingerprint density at radius 1 is 0.552 bits per heavy atom. The third-order valence-electron chi connectivity index (χ3n) is 5.35. The van der Waals surface area contributed by atoms with Crippen LogP contribution in [0.5, 0.6) is 0 Å². The predicted molar refractivity (Wildman–Crippen MR) is 124 cm³/mol. The molecule has 0 aliphatic heterocycles. The molecule has 0 unspecified atom stereocenters. The first kappa shape index (κ1) is 19.9. The molecule has 0 aromatic heterocycles. The maximum absolute atomic E-state index is 14.1. The molecule has 0 heterocycles. The first-order valence-electron chi connectivity index (χ1n) is 9.36. The first-order valence-corrected chi connectivity index (χ1v) is 13.8. The van der Waals surface area contributed by atoms with Crippen molar-refractivity contribution in [3.05, 3.63) is 126 Å². The van der Waals surface area contributed by atoms with E-state index in [2.05, 4.69) is 51.9 Å². The van der Waals surface area contributed by atoms with E-state index in [1.807, 2.05) is 54.6 Å². The second kappa shape index (κ2) is 7.82. The Labute approximate surface area is 177 Å². The topological polar surface area (TPSA) is 0 Å². The van der Waals surface area contributed by atoms with Crippen molar-refractivity contribution in [3.8, 4) is 0 Å². The molecule has 0 aliphatic carbocycles. The zero-order valence-electron chi connectivity index (χ0n) is 15.7. The van der Waals surface area contributed by atoms with E-state index in [9.17, 15) is 8.78 Å². The number of benzene rings is 4. The van der Waals surface area contributed by atoms with Crippen molar-refractivity contribution in [3.63, 3.8) is 0 Å². The molecule has 146 valence electrons. The maximum atomic E-state index is 14.1. The van der Waals surface area contributed by atoms with Crippen molar-refractivity contribution in [2.24, 2.45) is 0 Å². The van der Waals surface area contributed by atoms with Gasteiger partial charge in [-0.3, -0.25) is 0 Å². The van der Waals surface area contributed by atoms with Crippen LogP contribution in [-0.4, -0.2) is 0 Å². The van der Waals surface area contributed by atoms with E-state index in [1.54, 1.807) is 6.07 Å². The fraction of sp³-hybridized carbons (Fsp3) is 0.0400. The van der Waals surface area contributed by atoms with Gasteiger partial charge in [-0.05, 0) is 0 Å². The van der Waals surface area contributed by atoms with Gasteiger partial charge in [-0.15, -0.1) is 0 Å². The summed E-state index contributed by atoms with van der Waals surface area (Å²) in [7, 11) is 0. The van der Waals surface area contributed by atoms with Gasteiger partial charge in [0, 0.05) is 0 Å². The summed E-state index contributed by atoms with van der Waals surface area (Å²) in [6.45, 7) is 0. The van der Waals surface area contributed by atoms with Crippen LogP contribution in [0.25, 0.3) is 0 Å². The van der Waals surface area contributed by atoms with E-state index < -0.39 is 16.9 Å². The van der Waals surface area contributed by atoms with Crippen LogP contribution in [0.15, 0.2) is 109 Å². The van der Waals surface area contributed by atoms with Crippen LogP contribution in [0.2, 0.25) is 0 Å². The van der Waals surface area contributed by atoms with Crippen LogP contribution in [0.3, 0.4) is 0 Å². The van der Waals surface area contributed by atoms with Gasteiger partial charge in [0.2, 0.25) is 0 Å². The van der Waals surface area contributed by atoms with Gasteiger partial charge in [-0.2, -0.15) is 0 Å². The molecule has 0 nitrogen and oxygen atoms in total. The van der Waals surface area contributed by atoms with Crippen molar-refractivity contribution in [1.82, 2.24) is 0 Å². The van der Waals surface area contributed by atoms with E-state index in [4.69, 9.17) is 0 Å². The van der Waals surface area contributed by atoms with Crippen LogP contribution in [0.4, 0.5) is 8.78 Å². The van der Waals surface area contributed by atoms with Gasteiger partial charge in [0.05, 0.1) is 0 Å². The first-order chi connectivity index (χ1) is 14.0. The molecule has 4 aromatic rings. The van der Waals surface area contributed by atoms with E-state index in [1.165, 1.54) is 12.1 Å². The average Bonchev–Trinajstić information content (AvgIpc) is 2.78. The Kier molecular flexibility index (Phi) is 5.38. The summed E-state index contributed by atoms with van der Waals surface area (Å²) in [5, 5.41) is 0.220. The average molecular weight is 469 g/mol. The van der Waals surface area contributed by atoms with Gasteiger partial charge >= 0.3 is 178 Å². The molecule has 0 saturated heterocycles. The number of rotatable bonds is 5. The number of hydrogen-bond donors (Lipinski definition) is 0. The fourth-order valence-corrected chi connectivity index (χ4v) is 11.6. The van der Waals surface area contributed by atoms with Gasteiger partial charge in [0.15, 0.2) is 0 Å². The van der Waals surface area contributed by atoms with Crippen LogP contribution >= 0.6 is 20.8 Å². The van der Waals surface area contributed by atoms with Gasteiger partial charge < -0.3 is 0 Å². The van der Waals surface area contributed by atoms with Crippen LogP contribution < -0.4 is 15.9 Å². The Morgan fingerprint density at radius 3 is 1.34 bits per heavy atom. The van der Waals surface area contributed by atoms with Gasteiger partial charge in [0.25, 0.3) is 0 Å². The van der Waals surface area contributed by atoms with Gasteiger partial charge in [0.1, 0.15) is 0 Å². The van der Waals surface area contributed by atoms with Gasteiger partial charge in [-0.25, -0.2) is 0 Å². The normalized spacial score (nSPS) is 12.9. The zero-order valence-corrected chi connectivity index (χ0v) is 18.2. The molecule has 0 N–H and O–H groups in total. The summed E-state index contributed by atoms with van der Waals surface area (Å²) >= 11 is 4.31. The Hall–Kier alpha value is -2.35. The molecule has 0 fully saturated rings. The van der Waals surface area contributed by atoms with E-state index in [-0.39, 0.29) is 0 Å². The molecule has 4 heteroatoms. The molecule has 0 radical (unpaired) electrons. The molecule has 4 rings (SSSR count). The monoisotopic (exact) mass is 468 g/mol. The van der Waals surface area contributed by atoms with Crippen LogP contribution in [-0.2, 0) is 6.16 Å². The molecule has 4 aromatic carbocycles. The second-order valence-electron chi connectivity index (χ2n) is 7.10. The quantitative estimate of drug-likeness (QED) is 0.301. The summed E-state index contributed by atoms with van der Waals surface area (Å²) in [5.41, 5.74) is 0.745. The van der Waals surface area contributed by atoms with E-state index in [0.29, 0.717) is 6.16 Å². The molecule has 0 atom stereocenters. The van der Waals surface area contributed by atoms with Crippen molar-refractivity contribution < 1.29 is 8.78 Å². The number of hydrogen-bond acceptors (Lipinski definition) is 0. The van der Waals surface area contributed by atoms with Crippen LogP contribution in [0, 0.1) is 11.6 Å². The Morgan fingerprint density at radius 2 is 0.966 bits per heavy atom. The Balaban J connectivity index is 2.08. The molecule has 0 spiro atoms. The zero-order chi connectivity index (χ0) is 20.3. The second-order valence-corrected chi connectivity index (χ2v) is 16.0. The molecule has 0 bridgehead atoms. The third kappa shape index (κ3) is 3.43. The third-order valence-corrected chi connectivity index (χ3v) is 14.9. The minimum absolute atomic E-state index is 0.529. The standard InChI is InChI=1S/C25H20BrF2P/c26-29(21-10-4-1-5-11-21,22-12-6-2-7-13-22,23-14-8-3-9-15-23)19-20-16-17-24(27)25(28)18-20/h1-18H,19H2.